The highest BCUT2D eigenvalue weighted by molar-refractivity contribution is 5.79. The van der Waals surface area contributed by atoms with E-state index >= 15 is 0 Å². The molecule has 0 radical (unpaired) electrons. The summed E-state index contributed by atoms with van der Waals surface area (Å²) >= 11 is 0. The summed E-state index contributed by atoms with van der Waals surface area (Å²) in [5.41, 5.74) is 4.53. The highest BCUT2D eigenvalue weighted by Crippen LogP contribution is 2.33. The third-order valence-corrected chi connectivity index (χ3v) is 5.48. The third-order valence-electron chi connectivity index (χ3n) is 5.48. The van der Waals surface area contributed by atoms with E-state index in [2.05, 4.69) is 10.4 Å². The van der Waals surface area contributed by atoms with Gasteiger partial charge in [0, 0.05) is 11.3 Å². The SMILES string of the molecule is COc1cc(C)c(C(C)NC(=O)Cc2c(C)nn(-c3ccccc3F)c2C)cc1OC. The second kappa shape index (κ2) is 9.20. The average molecular weight is 426 g/mol. The lowest BCUT2D eigenvalue weighted by Gasteiger charge is -2.19. The van der Waals surface area contributed by atoms with Crippen LogP contribution >= 0.6 is 0 Å². The van der Waals surface area contributed by atoms with Gasteiger partial charge in [0.15, 0.2) is 11.5 Å². The monoisotopic (exact) mass is 425 g/mol. The Morgan fingerprint density at radius 2 is 1.77 bits per heavy atom. The van der Waals surface area contributed by atoms with Crippen LogP contribution in [-0.4, -0.2) is 29.9 Å². The molecular formula is C24H28FN3O3. The molecule has 1 aromatic heterocycles. The maximum atomic E-state index is 14.2. The van der Waals surface area contributed by atoms with Crippen molar-refractivity contribution >= 4 is 5.91 Å². The summed E-state index contributed by atoms with van der Waals surface area (Å²) in [5.74, 6) is 0.763. The molecule has 0 spiro atoms. The van der Waals surface area contributed by atoms with Gasteiger partial charge in [-0.25, -0.2) is 9.07 Å². The molecule has 0 aliphatic heterocycles. The van der Waals surface area contributed by atoms with Crippen LogP contribution in [0, 0.1) is 26.6 Å². The minimum Gasteiger partial charge on any atom is -0.493 e. The zero-order valence-corrected chi connectivity index (χ0v) is 18.7. The van der Waals surface area contributed by atoms with E-state index in [1.807, 2.05) is 39.8 Å². The van der Waals surface area contributed by atoms with Gasteiger partial charge in [0.25, 0.3) is 0 Å². The van der Waals surface area contributed by atoms with Crippen molar-refractivity contribution in [2.24, 2.45) is 0 Å². The Balaban J connectivity index is 1.80. The number of nitrogens with one attached hydrogen (secondary N) is 1. The fraction of sp³-hybridized carbons (Fsp3) is 0.333. The average Bonchev–Trinajstić information content (AvgIpc) is 3.01. The molecule has 0 saturated heterocycles. The first-order valence-electron chi connectivity index (χ1n) is 10.1. The number of benzene rings is 2. The number of aryl methyl sites for hydroxylation is 2. The molecule has 3 aromatic rings. The predicted octanol–water partition coefficient (Wildman–Crippen LogP) is 4.37. The molecule has 0 aliphatic rings. The van der Waals surface area contributed by atoms with Gasteiger partial charge in [0.2, 0.25) is 5.91 Å². The van der Waals surface area contributed by atoms with Crippen LogP contribution in [0.1, 0.15) is 41.0 Å². The molecule has 7 heteroatoms. The van der Waals surface area contributed by atoms with Crippen molar-refractivity contribution in [3.63, 3.8) is 0 Å². The Morgan fingerprint density at radius 3 is 2.42 bits per heavy atom. The van der Waals surface area contributed by atoms with Gasteiger partial charge in [-0.15, -0.1) is 0 Å². The van der Waals surface area contributed by atoms with Crippen LogP contribution in [0.4, 0.5) is 4.39 Å². The first kappa shape index (κ1) is 22.3. The molecule has 1 unspecified atom stereocenters. The maximum Gasteiger partial charge on any atom is 0.225 e. The Hall–Kier alpha value is -3.35. The first-order chi connectivity index (χ1) is 14.8. The molecule has 2 aromatic carbocycles. The lowest BCUT2D eigenvalue weighted by molar-refractivity contribution is -0.121. The fourth-order valence-electron chi connectivity index (χ4n) is 3.78. The lowest BCUT2D eigenvalue weighted by Crippen LogP contribution is -2.29. The quantitative estimate of drug-likeness (QED) is 0.610. The van der Waals surface area contributed by atoms with Gasteiger partial charge in [0.05, 0.1) is 32.4 Å². The summed E-state index contributed by atoms with van der Waals surface area (Å²) in [6.45, 7) is 7.56. The van der Waals surface area contributed by atoms with Crippen molar-refractivity contribution in [3.8, 4) is 17.2 Å². The van der Waals surface area contributed by atoms with Gasteiger partial charge >= 0.3 is 0 Å². The van der Waals surface area contributed by atoms with Crippen molar-refractivity contribution in [1.29, 1.82) is 0 Å². The largest absolute Gasteiger partial charge is 0.493 e. The Bertz CT molecular complexity index is 1110. The smallest absolute Gasteiger partial charge is 0.225 e. The number of methoxy groups -OCH3 is 2. The number of halogens is 1. The molecule has 0 saturated carbocycles. The maximum absolute atomic E-state index is 14.2. The summed E-state index contributed by atoms with van der Waals surface area (Å²) in [4.78, 5) is 12.8. The Morgan fingerprint density at radius 1 is 1.13 bits per heavy atom. The van der Waals surface area contributed by atoms with Gasteiger partial charge < -0.3 is 14.8 Å². The molecular weight excluding hydrogens is 397 g/mol. The zero-order chi connectivity index (χ0) is 22.7. The molecule has 0 bridgehead atoms. The predicted molar refractivity (Wildman–Crippen MR) is 118 cm³/mol. The van der Waals surface area contributed by atoms with Gasteiger partial charge in [-0.3, -0.25) is 4.79 Å². The van der Waals surface area contributed by atoms with Crippen molar-refractivity contribution in [2.75, 3.05) is 14.2 Å². The number of para-hydroxylation sites is 1. The Labute approximate surface area is 182 Å². The molecule has 31 heavy (non-hydrogen) atoms. The zero-order valence-electron chi connectivity index (χ0n) is 18.7. The minimum atomic E-state index is -0.360. The van der Waals surface area contributed by atoms with Crippen LogP contribution < -0.4 is 14.8 Å². The summed E-state index contributed by atoms with van der Waals surface area (Å²) in [6.07, 6.45) is 0.156. The van der Waals surface area contributed by atoms with Crippen molar-refractivity contribution in [2.45, 2.75) is 40.2 Å². The highest BCUT2D eigenvalue weighted by Gasteiger charge is 2.20. The second-order valence-electron chi connectivity index (χ2n) is 7.54. The summed E-state index contributed by atoms with van der Waals surface area (Å²) < 4.78 is 26.5. The molecule has 6 nitrogen and oxygen atoms in total. The third kappa shape index (κ3) is 4.55. The van der Waals surface area contributed by atoms with Crippen molar-refractivity contribution < 1.29 is 18.7 Å². The van der Waals surface area contributed by atoms with E-state index in [1.165, 1.54) is 6.07 Å². The summed E-state index contributed by atoms with van der Waals surface area (Å²) in [6, 6.07) is 10.0. The Kier molecular flexibility index (Phi) is 6.63. The number of carbonyl (C=O) groups is 1. The summed E-state index contributed by atoms with van der Waals surface area (Å²) in [5, 5.41) is 7.50. The number of hydrogen-bond acceptors (Lipinski definition) is 4. The van der Waals surface area contributed by atoms with Crippen LogP contribution in [0.5, 0.6) is 11.5 Å². The molecule has 164 valence electrons. The minimum absolute atomic E-state index is 0.138. The van der Waals surface area contributed by atoms with E-state index in [9.17, 15) is 9.18 Å². The first-order valence-corrected chi connectivity index (χ1v) is 10.1. The van der Waals surface area contributed by atoms with Gasteiger partial charge in [0.1, 0.15) is 11.5 Å². The van der Waals surface area contributed by atoms with E-state index in [0.29, 0.717) is 22.9 Å². The molecule has 1 N–H and O–H groups in total. The van der Waals surface area contributed by atoms with Gasteiger partial charge in [-0.1, -0.05) is 12.1 Å². The molecule has 3 rings (SSSR count). The van der Waals surface area contributed by atoms with E-state index < -0.39 is 0 Å². The fourth-order valence-corrected chi connectivity index (χ4v) is 3.78. The van der Waals surface area contributed by atoms with Crippen molar-refractivity contribution in [3.05, 3.63) is 70.3 Å². The normalized spacial score (nSPS) is 11.8. The van der Waals surface area contributed by atoms with E-state index in [0.717, 1.165) is 22.4 Å². The topological polar surface area (TPSA) is 65.4 Å². The number of hydrogen-bond donors (Lipinski definition) is 1. The van der Waals surface area contributed by atoms with Gasteiger partial charge in [-0.05, 0) is 63.1 Å². The van der Waals surface area contributed by atoms with E-state index in [4.69, 9.17) is 9.47 Å². The standard InChI is InChI=1S/C24H28FN3O3/c1-14-11-22(30-5)23(31-6)12-18(14)15(2)26-24(29)13-19-16(3)27-28(17(19)4)21-10-8-7-9-20(21)25/h7-12,15H,13H2,1-6H3,(H,26,29). The second-order valence-corrected chi connectivity index (χ2v) is 7.54. The van der Waals surface area contributed by atoms with Crippen LogP contribution in [-0.2, 0) is 11.2 Å². The number of nitrogens with zero attached hydrogens (tertiary/aromatic N) is 2. The van der Waals surface area contributed by atoms with E-state index in [1.54, 1.807) is 37.1 Å². The number of aromatic nitrogens is 2. The lowest BCUT2D eigenvalue weighted by atomic mass is 10.0. The molecule has 1 amide bonds. The van der Waals surface area contributed by atoms with Crippen molar-refractivity contribution in [1.82, 2.24) is 15.1 Å². The van der Waals surface area contributed by atoms with Gasteiger partial charge in [-0.2, -0.15) is 5.10 Å². The molecule has 1 heterocycles. The van der Waals surface area contributed by atoms with Crippen LogP contribution in [0.3, 0.4) is 0 Å². The highest BCUT2D eigenvalue weighted by atomic mass is 19.1. The van der Waals surface area contributed by atoms with Crippen LogP contribution in [0.2, 0.25) is 0 Å². The number of carbonyl (C=O) groups excluding carboxylic acids is 1. The molecule has 1 atom stereocenters. The molecule has 0 aliphatic carbocycles. The number of rotatable bonds is 7. The van der Waals surface area contributed by atoms with E-state index in [-0.39, 0.29) is 24.2 Å². The van der Waals surface area contributed by atoms with Crippen LogP contribution in [0.15, 0.2) is 36.4 Å². The summed E-state index contributed by atoms with van der Waals surface area (Å²) in [7, 11) is 3.17. The van der Waals surface area contributed by atoms with Crippen LogP contribution in [0.25, 0.3) is 5.69 Å². The molecule has 0 fully saturated rings. The number of amides is 1. The number of ether oxygens (including phenoxy) is 2.